The van der Waals surface area contributed by atoms with E-state index in [9.17, 15) is 13.2 Å². The van der Waals surface area contributed by atoms with E-state index >= 15 is 0 Å². The summed E-state index contributed by atoms with van der Waals surface area (Å²) in [4.78, 5) is 12.6. The van der Waals surface area contributed by atoms with E-state index in [1.54, 1.807) is 7.05 Å². The van der Waals surface area contributed by atoms with Crippen LogP contribution in [0.25, 0.3) is 0 Å². The Morgan fingerprint density at radius 2 is 2.07 bits per heavy atom. The summed E-state index contributed by atoms with van der Waals surface area (Å²) in [6.45, 7) is 0.410. The molecule has 1 saturated carbocycles. The monoisotopic (exact) mass is 235 g/mol. The van der Waals surface area contributed by atoms with Crippen LogP contribution in [0, 0.1) is 5.92 Å². The van der Waals surface area contributed by atoms with E-state index < -0.39 is 15.8 Å². The van der Waals surface area contributed by atoms with E-state index in [-0.39, 0.29) is 17.7 Å². The first-order valence-corrected chi connectivity index (χ1v) is 6.98. The minimum absolute atomic E-state index is 0.00394. The van der Waals surface area contributed by atoms with Gasteiger partial charge in [0, 0.05) is 18.8 Å². The van der Waals surface area contributed by atoms with Crippen LogP contribution in [-0.2, 0) is 14.6 Å². The molecule has 0 radical (unpaired) electrons. The predicted octanol–water partition coefficient (Wildman–Crippen LogP) is -0.174. The molecule has 0 aromatic rings. The fraction of sp³-hybridized carbons (Fsp3) is 0.889. The van der Waals surface area contributed by atoms with Gasteiger partial charge in [-0.05, 0) is 19.9 Å². The van der Waals surface area contributed by atoms with Crippen LogP contribution in [0.15, 0.2) is 0 Å². The molecule has 0 heterocycles. The number of hydrogen-bond acceptors (Lipinski definition) is 4. The summed E-state index contributed by atoms with van der Waals surface area (Å²) in [6, 6.07) is 0.00394. The largest absolute Gasteiger partial charge is 0.481 e. The zero-order chi connectivity index (χ0) is 11.6. The van der Waals surface area contributed by atoms with Gasteiger partial charge in [0.15, 0.2) is 0 Å². The molecular formula is C9H17NO4S. The zero-order valence-electron chi connectivity index (χ0n) is 9.01. The smallest absolute Gasteiger partial charge is 0.308 e. The summed E-state index contributed by atoms with van der Waals surface area (Å²) in [5.74, 6) is -1.01. The molecule has 2 unspecified atom stereocenters. The van der Waals surface area contributed by atoms with Crippen molar-refractivity contribution in [1.82, 2.24) is 4.90 Å². The van der Waals surface area contributed by atoms with Crippen LogP contribution >= 0.6 is 0 Å². The molecule has 6 heteroatoms. The lowest BCUT2D eigenvalue weighted by Gasteiger charge is -2.40. The van der Waals surface area contributed by atoms with Gasteiger partial charge in [0.2, 0.25) is 0 Å². The number of carboxylic acid groups (broad SMARTS) is 1. The number of carboxylic acids is 1. The summed E-state index contributed by atoms with van der Waals surface area (Å²) in [7, 11) is -1.18. The van der Waals surface area contributed by atoms with Crippen molar-refractivity contribution in [1.29, 1.82) is 0 Å². The average Bonchev–Trinajstić information content (AvgIpc) is 1.96. The lowest BCUT2D eigenvalue weighted by molar-refractivity contribution is -0.148. The van der Waals surface area contributed by atoms with Gasteiger partial charge < -0.3 is 10.0 Å². The Balaban J connectivity index is 2.41. The van der Waals surface area contributed by atoms with Gasteiger partial charge in [-0.15, -0.1) is 0 Å². The Bertz CT molecular complexity index is 338. The lowest BCUT2D eigenvalue weighted by atomic mass is 9.79. The molecule has 0 aromatic heterocycles. The quantitative estimate of drug-likeness (QED) is 0.716. The number of hydrogen-bond donors (Lipinski definition) is 1. The van der Waals surface area contributed by atoms with E-state index in [0.717, 1.165) is 6.42 Å². The third-order valence-corrected chi connectivity index (χ3v) is 3.86. The van der Waals surface area contributed by atoms with E-state index in [1.165, 1.54) is 6.26 Å². The molecule has 1 aliphatic rings. The van der Waals surface area contributed by atoms with Crippen molar-refractivity contribution < 1.29 is 18.3 Å². The zero-order valence-corrected chi connectivity index (χ0v) is 9.83. The SMILES string of the molecule is CN(CCS(C)(=O)=O)C1CCC1C(=O)O. The number of aliphatic carboxylic acids is 1. The first-order valence-electron chi connectivity index (χ1n) is 4.92. The number of nitrogens with zero attached hydrogens (tertiary/aromatic N) is 1. The Hall–Kier alpha value is -0.620. The Labute approximate surface area is 90.0 Å². The summed E-state index contributed by atoms with van der Waals surface area (Å²) >= 11 is 0. The summed E-state index contributed by atoms with van der Waals surface area (Å²) in [6.07, 6.45) is 2.73. The second kappa shape index (κ2) is 4.49. The van der Waals surface area contributed by atoms with Gasteiger partial charge in [-0.3, -0.25) is 4.79 Å². The molecule has 5 nitrogen and oxygen atoms in total. The van der Waals surface area contributed by atoms with Crippen LogP contribution < -0.4 is 0 Å². The molecule has 0 aromatic carbocycles. The predicted molar refractivity (Wildman–Crippen MR) is 56.5 cm³/mol. The minimum Gasteiger partial charge on any atom is -0.481 e. The maximum absolute atomic E-state index is 10.9. The molecule has 88 valence electrons. The van der Waals surface area contributed by atoms with Crippen molar-refractivity contribution >= 4 is 15.8 Å². The van der Waals surface area contributed by atoms with E-state index in [1.807, 2.05) is 4.90 Å². The molecular weight excluding hydrogens is 218 g/mol. The van der Waals surface area contributed by atoms with Crippen molar-refractivity contribution in [2.24, 2.45) is 5.92 Å². The molecule has 15 heavy (non-hydrogen) atoms. The lowest BCUT2D eigenvalue weighted by Crippen LogP contribution is -2.49. The van der Waals surface area contributed by atoms with Gasteiger partial charge in [-0.25, -0.2) is 8.42 Å². The highest BCUT2D eigenvalue weighted by atomic mass is 32.2. The molecule has 1 N–H and O–H groups in total. The molecule has 0 spiro atoms. The van der Waals surface area contributed by atoms with Crippen LogP contribution in [0.1, 0.15) is 12.8 Å². The van der Waals surface area contributed by atoms with E-state index in [4.69, 9.17) is 5.11 Å². The van der Waals surface area contributed by atoms with Gasteiger partial charge in [-0.1, -0.05) is 0 Å². The molecule has 0 amide bonds. The maximum Gasteiger partial charge on any atom is 0.308 e. The highest BCUT2D eigenvalue weighted by molar-refractivity contribution is 7.90. The van der Waals surface area contributed by atoms with E-state index in [0.29, 0.717) is 13.0 Å². The van der Waals surface area contributed by atoms with Crippen molar-refractivity contribution in [3.8, 4) is 0 Å². The van der Waals surface area contributed by atoms with Crippen molar-refractivity contribution in [3.05, 3.63) is 0 Å². The fourth-order valence-corrected chi connectivity index (χ4v) is 2.39. The van der Waals surface area contributed by atoms with Crippen molar-refractivity contribution in [2.75, 3.05) is 25.6 Å². The summed E-state index contributed by atoms with van der Waals surface area (Å²) in [5.41, 5.74) is 0. The van der Waals surface area contributed by atoms with Crippen molar-refractivity contribution in [2.45, 2.75) is 18.9 Å². The van der Waals surface area contributed by atoms with Gasteiger partial charge in [-0.2, -0.15) is 0 Å². The third-order valence-electron chi connectivity index (χ3n) is 2.94. The molecule has 1 rings (SSSR count). The van der Waals surface area contributed by atoms with Crippen LogP contribution in [0.5, 0.6) is 0 Å². The first kappa shape index (κ1) is 12.4. The van der Waals surface area contributed by atoms with Crippen LogP contribution in [-0.4, -0.2) is 56.0 Å². The Morgan fingerprint density at radius 1 is 1.47 bits per heavy atom. The van der Waals surface area contributed by atoms with Crippen LogP contribution in [0.2, 0.25) is 0 Å². The number of rotatable bonds is 5. The Kier molecular flexibility index (Phi) is 3.72. The fourth-order valence-electron chi connectivity index (χ4n) is 1.77. The van der Waals surface area contributed by atoms with Gasteiger partial charge >= 0.3 is 5.97 Å². The molecule has 2 atom stereocenters. The summed E-state index contributed by atoms with van der Waals surface area (Å²) in [5, 5.41) is 8.84. The molecule has 0 saturated heterocycles. The van der Waals surface area contributed by atoms with Gasteiger partial charge in [0.05, 0.1) is 11.7 Å². The molecule has 1 fully saturated rings. The molecule has 0 aliphatic heterocycles. The third kappa shape index (κ3) is 3.46. The normalized spacial score (nSPS) is 26.3. The highest BCUT2D eigenvalue weighted by Gasteiger charge is 2.38. The second-order valence-corrected chi connectivity index (χ2v) is 6.46. The minimum atomic E-state index is -2.96. The molecule has 1 aliphatic carbocycles. The second-order valence-electron chi connectivity index (χ2n) is 4.20. The number of carbonyl (C=O) groups is 1. The maximum atomic E-state index is 10.9. The van der Waals surface area contributed by atoms with Gasteiger partial charge in [0.1, 0.15) is 9.84 Å². The van der Waals surface area contributed by atoms with Crippen molar-refractivity contribution in [3.63, 3.8) is 0 Å². The van der Waals surface area contributed by atoms with Crippen LogP contribution in [0.3, 0.4) is 0 Å². The van der Waals surface area contributed by atoms with E-state index in [2.05, 4.69) is 0 Å². The summed E-state index contributed by atoms with van der Waals surface area (Å²) < 4.78 is 21.9. The average molecular weight is 235 g/mol. The number of sulfone groups is 1. The standard InChI is InChI=1S/C9H17NO4S/c1-10(5-6-15(2,13)14)8-4-3-7(8)9(11)12/h7-8H,3-6H2,1-2H3,(H,11,12). The van der Waals surface area contributed by atoms with Crippen LogP contribution in [0.4, 0.5) is 0 Å². The highest BCUT2D eigenvalue weighted by Crippen LogP contribution is 2.31. The first-order chi connectivity index (χ1) is 6.81. The topological polar surface area (TPSA) is 74.7 Å². The van der Waals surface area contributed by atoms with Gasteiger partial charge in [0.25, 0.3) is 0 Å². The molecule has 0 bridgehead atoms. The Morgan fingerprint density at radius 3 is 2.40 bits per heavy atom.